The maximum Gasteiger partial charge on any atom is 0.387 e. The van der Waals surface area contributed by atoms with Crippen molar-refractivity contribution in [2.45, 2.75) is 19.6 Å². The van der Waals surface area contributed by atoms with Gasteiger partial charge in [-0.1, -0.05) is 12.1 Å². The smallest absolute Gasteiger partial charge is 0.387 e. The standard InChI is InChI=1S/C22H23F2N5O3/c1-14-13-31-10-9-29(14)22-25-8-7-19(28-22)27-18-11-16(12-26-20(18)30-2)15-3-5-17(6-4-15)32-21(23)24/h3-8,11-12,14,21H,9-10,13H2,1-2H3,(H,25,27,28). The van der Waals surface area contributed by atoms with E-state index in [2.05, 4.69) is 36.8 Å². The minimum Gasteiger partial charge on any atom is -0.480 e. The molecule has 10 heteroatoms. The van der Waals surface area contributed by atoms with E-state index in [1.54, 1.807) is 30.6 Å². The summed E-state index contributed by atoms with van der Waals surface area (Å²) in [7, 11) is 1.53. The van der Waals surface area contributed by atoms with Crippen molar-refractivity contribution in [2.75, 3.05) is 37.1 Å². The summed E-state index contributed by atoms with van der Waals surface area (Å²) in [5.74, 6) is 1.69. The molecule has 0 saturated carbocycles. The molecular weight excluding hydrogens is 420 g/mol. The van der Waals surface area contributed by atoms with Gasteiger partial charge < -0.3 is 24.4 Å². The first-order valence-electron chi connectivity index (χ1n) is 10.1. The highest BCUT2D eigenvalue weighted by atomic mass is 19.3. The number of pyridine rings is 1. The predicted molar refractivity (Wildman–Crippen MR) is 116 cm³/mol. The van der Waals surface area contributed by atoms with Crippen LogP contribution in [0.1, 0.15) is 6.92 Å². The lowest BCUT2D eigenvalue weighted by molar-refractivity contribution is -0.0498. The highest BCUT2D eigenvalue weighted by Crippen LogP contribution is 2.31. The Morgan fingerprint density at radius 1 is 1.16 bits per heavy atom. The van der Waals surface area contributed by atoms with Crippen molar-refractivity contribution in [1.29, 1.82) is 0 Å². The van der Waals surface area contributed by atoms with Gasteiger partial charge in [0.2, 0.25) is 11.8 Å². The van der Waals surface area contributed by atoms with Crippen LogP contribution in [0, 0.1) is 0 Å². The second kappa shape index (κ2) is 9.73. The molecule has 0 amide bonds. The first-order valence-corrected chi connectivity index (χ1v) is 10.1. The lowest BCUT2D eigenvalue weighted by atomic mass is 10.1. The number of nitrogens with one attached hydrogen (secondary N) is 1. The fraction of sp³-hybridized carbons (Fsp3) is 0.318. The van der Waals surface area contributed by atoms with Gasteiger partial charge in [0.1, 0.15) is 17.3 Å². The molecule has 1 saturated heterocycles. The number of morpholine rings is 1. The van der Waals surface area contributed by atoms with E-state index in [9.17, 15) is 8.78 Å². The van der Waals surface area contributed by atoms with Crippen LogP contribution in [-0.4, -0.2) is 54.5 Å². The number of hydrogen-bond donors (Lipinski definition) is 1. The van der Waals surface area contributed by atoms with Crippen LogP contribution in [0.4, 0.5) is 26.2 Å². The molecule has 1 aliphatic rings. The van der Waals surface area contributed by atoms with Crippen molar-refractivity contribution in [3.8, 4) is 22.8 Å². The molecule has 4 rings (SSSR count). The molecule has 1 aromatic carbocycles. The van der Waals surface area contributed by atoms with E-state index >= 15 is 0 Å². The largest absolute Gasteiger partial charge is 0.480 e. The van der Waals surface area contributed by atoms with Gasteiger partial charge in [0.05, 0.1) is 26.4 Å². The SMILES string of the molecule is COc1ncc(-c2ccc(OC(F)F)cc2)cc1Nc1ccnc(N2CCOCC2C)n1. The van der Waals surface area contributed by atoms with Crippen LogP contribution in [0.25, 0.3) is 11.1 Å². The van der Waals surface area contributed by atoms with E-state index in [1.807, 2.05) is 6.07 Å². The van der Waals surface area contributed by atoms with Gasteiger partial charge in [-0.3, -0.25) is 0 Å². The Hall–Kier alpha value is -3.53. The molecule has 32 heavy (non-hydrogen) atoms. The van der Waals surface area contributed by atoms with Gasteiger partial charge in [0.15, 0.2) is 0 Å². The van der Waals surface area contributed by atoms with Gasteiger partial charge in [0.25, 0.3) is 0 Å². The molecule has 8 nitrogen and oxygen atoms in total. The minimum atomic E-state index is -2.86. The van der Waals surface area contributed by atoms with Crippen LogP contribution >= 0.6 is 0 Å². The summed E-state index contributed by atoms with van der Waals surface area (Å²) in [5, 5.41) is 3.25. The van der Waals surface area contributed by atoms with Crippen molar-refractivity contribution >= 4 is 17.5 Å². The molecule has 3 heterocycles. The highest BCUT2D eigenvalue weighted by molar-refractivity contribution is 5.72. The monoisotopic (exact) mass is 443 g/mol. The minimum absolute atomic E-state index is 0.0921. The Labute approximate surface area is 184 Å². The molecule has 3 aromatic rings. The number of halogens is 2. The van der Waals surface area contributed by atoms with Crippen LogP contribution < -0.4 is 19.7 Å². The average molecular weight is 443 g/mol. The fourth-order valence-corrected chi connectivity index (χ4v) is 3.41. The Balaban J connectivity index is 1.58. The Bertz CT molecular complexity index is 1050. The van der Waals surface area contributed by atoms with E-state index in [4.69, 9.17) is 9.47 Å². The molecule has 1 N–H and O–H groups in total. The summed E-state index contributed by atoms with van der Waals surface area (Å²) >= 11 is 0. The third kappa shape index (κ3) is 5.02. The second-order valence-electron chi connectivity index (χ2n) is 7.17. The van der Waals surface area contributed by atoms with Crippen molar-refractivity contribution in [3.05, 3.63) is 48.8 Å². The van der Waals surface area contributed by atoms with Gasteiger partial charge >= 0.3 is 6.61 Å². The van der Waals surface area contributed by atoms with E-state index in [-0.39, 0.29) is 11.8 Å². The Kier molecular flexibility index (Phi) is 6.60. The zero-order valence-corrected chi connectivity index (χ0v) is 17.7. The van der Waals surface area contributed by atoms with Crippen molar-refractivity contribution < 1.29 is 23.0 Å². The van der Waals surface area contributed by atoms with E-state index in [1.165, 1.54) is 19.2 Å². The van der Waals surface area contributed by atoms with E-state index < -0.39 is 6.61 Å². The number of aromatic nitrogens is 3. The first kappa shape index (κ1) is 21.7. The summed E-state index contributed by atoms with van der Waals surface area (Å²) in [6.07, 6.45) is 3.34. The molecular formula is C22H23F2N5O3. The van der Waals surface area contributed by atoms with Crippen LogP contribution in [0.3, 0.4) is 0 Å². The van der Waals surface area contributed by atoms with Crippen molar-refractivity contribution in [1.82, 2.24) is 15.0 Å². The second-order valence-corrected chi connectivity index (χ2v) is 7.17. The lowest BCUT2D eigenvalue weighted by Crippen LogP contribution is -2.44. The van der Waals surface area contributed by atoms with Crippen LogP contribution in [0.2, 0.25) is 0 Å². The summed E-state index contributed by atoms with van der Waals surface area (Å²) < 4.78 is 40.0. The molecule has 168 valence electrons. The number of rotatable bonds is 7. The summed E-state index contributed by atoms with van der Waals surface area (Å²) in [6.45, 7) is 1.18. The number of ether oxygens (including phenoxy) is 3. The quantitative estimate of drug-likeness (QED) is 0.584. The van der Waals surface area contributed by atoms with Gasteiger partial charge in [-0.15, -0.1) is 0 Å². The number of methoxy groups -OCH3 is 1. The number of nitrogens with zero attached hydrogens (tertiary/aromatic N) is 4. The van der Waals surface area contributed by atoms with Gasteiger partial charge in [0, 0.05) is 24.5 Å². The number of alkyl halides is 2. The zero-order valence-electron chi connectivity index (χ0n) is 17.7. The molecule has 0 radical (unpaired) electrons. The van der Waals surface area contributed by atoms with Crippen LogP contribution in [0.15, 0.2) is 48.8 Å². The third-order valence-electron chi connectivity index (χ3n) is 4.99. The summed E-state index contributed by atoms with van der Waals surface area (Å²) in [6, 6.07) is 10.1. The maximum atomic E-state index is 12.4. The first-order chi connectivity index (χ1) is 15.5. The molecule has 0 aliphatic carbocycles. The molecule has 1 aliphatic heterocycles. The summed E-state index contributed by atoms with van der Waals surface area (Å²) in [5.41, 5.74) is 2.17. The highest BCUT2D eigenvalue weighted by Gasteiger charge is 2.21. The van der Waals surface area contributed by atoms with Gasteiger partial charge in [-0.2, -0.15) is 13.8 Å². The average Bonchev–Trinajstić information content (AvgIpc) is 2.80. The predicted octanol–water partition coefficient (Wildman–Crippen LogP) is 4.12. The maximum absolute atomic E-state index is 12.4. The molecule has 1 unspecified atom stereocenters. The normalized spacial score (nSPS) is 16.2. The fourth-order valence-electron chi connectivity index (χ4n) is 3.41. The molecule has 2 aromatic heterocycles. The van der Waals surface area contributed by atoms with Gasteiger partial charge in [-0.25, -0.2) is 9.97 Å². The number of benzene rings is 1. The summed E-state index contributed by atoms with van der Waals surface area (Å²) in [4.78, 5) is 15.5. The number of anilines is 3. The van der Waals surface area contributed by atoms with E-state index in [0.717, 1.165) is 17.7 Å². The van der Waals surface area contributed by atoms with Crippen molar-refractivity contribution in [3.63, 3.8) is 0 Å². The molecule has 1 atom stereocenters. The zero-order chi connectivity index (χ0) is 22.5. The van der Waals surface area contributed by atoms with Crippen LogP contribution in [-0.2, 0) is 4.74 Å². The Morgan fingerprint density at radius 3 is 2.69 bits per heavy atom. The molecule has 0 spiro atoms. The van der Waals surface area contributed by atoms with Crippen molar-refractivity contribution in [2.24, 2.45) is 0 Å². The van der Waals surface area contributed by atoms with Gasteiger partial charge in [-0.05, 0) is 36.8 Å². The topological polar surface area (TPSA) is 81.6 Å². The molecule has 0 bridgehead atoms. The third-order valence-corrected chi connectivity index (χ3v) is 4.99. The van der Waals surface area contributed by atoms with E-state index in [0.29, 0.717) is 36.5 Å². The lowest BCUT2D eigenvalue weighted by Gasteiger charge is -2.33. The van der Waals surface area contributed by atoms with Crippen LogP contribution in [0.5, 0.6) is 11.6 Å². The Morgan fingerprint density at radius 2 is 1.97 bits per heavy atom. The molecule has 1 fully saturated rings. The number of hydrogen-bond acceptors (Lipinski definition) is 8.